The highest BCUT2D eigenvalue weighted by atomic mass is 16.5. The Bertz CT molecular complexity index is 303. The summed E-state index contributed by atoms with van der Waals surface area (Å²) in [5.74, 6) is 0.786. The van der Waals surface area contributed by atoms with Gasteiger partial charge in [0.25, 0.3) is 0 Å². The molecule has 0 unspecified atom stereocenters. The molecule has 1 aromatic carbocycles. The normalized spacial score (nSPS) is 10.0. The molecular formula is C11H18N2O2. The number of nitrogens with one attached hydrogen (secondary N) is 1. The van der Waals surface area contributed by atoms with E-state index in [1.807, 2.05) is 18.2 Å². The molecule has 84 valence electrons. The quantitative estimate of drug-likeness (QED) is 0.491. The second-order valence-electron chi connectivity index (χ2n) is 3.31. The first kappa shape index (κ1) is 11.7. The lowest BCUT2D eigenvalue weighted by atomic mass is 10.2. The molecule has 4 heteroatoms. The maximum absolute atomic E-state index is 8.63. The van der Waals surface area contributed by atoms with Gasteiger partial charge in [-0.05, 0) is 25.0 Å². The molecule has 15 heavy (non-hydrogen) atoms. The van der Waals surface area contributed by atoms with Crippen LogP contribution >= 0.6 is 0 Å². The molecule has 0 amide bonds. The molecule has 0 saturated heterocycles. The zero-order valence-corrected chi connectivity index (χ0v) is 8.99. The van der Waals surface area contributed by atoms with Crippen molar-refractivity contribution in [1.29, 1.82) is 0 Å². The Kier molecular flexibility index (Phi) is 4.77. The minimum Gasteiger partial charge on any atom is -0.497 e. The van der Waals surface area contributed by atoms with Gasteiger partial charge in [-0.3, -0.25) is 0 Å². The minimum atomic E-state index is 0.231. The van der Waals surface area contributed by atoms with Crippen LogP contribution in [0.3, 0.4) is 0 Å². The number of aliphatic hydroxyl groups is 1. The molecule has 0 radical (unpaired) electrons. The van der Waals surface area contributed by atoms with Gasteiger partial charge < -0.3 is 20.9 Å². The smallest absolute Gasteiger partial charge is 0.121 e. The van der Waals surface area contributed by atoms with Crippen LogP contribution in [-0.4, -0.2) is 25.4 Å². The summed E-state index contributed by atoms with van der Waals surface area (Å²) in [4.78, 5) is 0. The topological polar surface area (TPSA) is 67.5 Å². The third-order valence-corrected chi connectivity index (χ3v) is 2.16. The third kappa shape index (κ3) is 3.67. The van der Waals surface area contributed by atoms with Crippen molar-refractivity contribution in [2.24, 2.45) is 0 Å². The van der Waals surface area contributed by atoms with Gasteiger partial charge in [-0.1, -0.05) is 0 Å². The van der Waals surface area contributed by atoms with Gasteiger partial charge in [0.05, 0.1) is 18.5 Å². The summed E-state index contributed by atoms with van der Waals surface area (Å²) in [7, 11) is 1.63. The van der Waals surface area contributed by atoms with Gasteiger partial charge in [0.2, 0.25) is 0 Å². The average molecular weight is 210 g/mol. The summed E-state index contributed by atoms with van der Waals surface area (Å²) < 4.78 is 5.10. The van der Waals surface area contributed by atoms with E-state index in [9.17, 15) is 0 Å². The molecule has 0 fully saturated rings. The molecule has 4 N–H and O–H groups in total. The Morgan fingerprint density at radius 3 is 2.87 bits per heavy atom. The Hall–Kier alpha value is -1.42. The van der Waals surface area contributed by atoms with E-state index in [2.05, 4.69) is 5.32 Å². The Balaban J connectivity index is 2.51. The largest absolute Gasteiger partial charge is 0.497 e. The molecule has 0 aliphatic carbocycles. The molecule has 0 bridgehead atoms. The first-order chi connectivity index (χ1) is 7.27. The van der Waals surface area contributed by atoms with Crippen LogP contribution in [0.15, 0.2) is 18.2 Å². The first-order valence-corrected chi connectivity index (χ1v) is 5.06. The van der Waals surface area contributed by atoms with Gasteiger partial charge in [0.15, 0.2) is 0 Å². The maximum atomic E-state index is 8.63. The van der Waals surface area contributed by atoms with Gasteiger partial charge >= 0.3 is 0 Å². The number of anilines is 2. The highest BCUT2D eigenvalue weighted by molar-refractivity contribution is 5.68. The highest BCUT2D eigenvalue weighted by Crippen LogP contribution is 2.24. The number of aliphatic hydroxyl groups excluding tert-OH is 1. The molecule has 0 aliphatic heterocycles. The molecule has 0 atom stereocenters. The van der Waals surface area contributed by atoms with Gasteiger partial charge in [-0.2, -0.15) is 0 Å². The van der Waals surface area contributed by atoms with Gasteiger partial charge in [-0.15, -0.1) is 0 Å². The van der Waals surface area contributed by atoms with Crippen molar-refractivity contribution >= 4 is 11.4 Å². The molecule has 1 aromatic rings. The summed E-state index contributed by atoms with van der Waals surface area (Å²) >= 11 is 0. The van der Waals surface area contributed by atoms with Crippen molar-refractivity contribution < 1.29 is 9.84 Å². The molecule has 0 spiro atoms. The van der Waals surface area contributed by atoms with Crippen molar-refractivity contribution in [2.45, 2.75) is 12.8 Å². The number of nitrogen functional groups attached to an aromatic ring is 1. The standard InChI is InChI=1S/C11H18N2O2/c1-15-9-4-5-10(12)11(8-9)13-6-2-3-7-14/h4-5,8,13-14H,2-3,6-7,12H2,1H3. The van der Waals surface area contributed by atoms with Crippen LogP contribution in [-0.2, 0) is 0 Å². The fourth-order valence-corrected chi connectivity index (χ4v) is 1.28. The first-order valence-electron chi connectivity index (χ1n) is 5.06. The summed E-state index contributed by atoms with van der Waals surface area (Å²) in [6.07, 6.45) is 1.73. The zero-order chi connectivity index (χ0) is 11.1. The van der Waals surface area contributed by atoms with E-state index >= 15 is 0 Å². The number of rotatable bonds is 6. The number of hydrogen-bond donors (Lipinski definition) is 3. The molecule has 0 aromatic heterocycles. The number of methoxy groups -OCH3 is 1. The van der Waals surface area contributed by atoms with Crippen LogP contribution < -0.4 is 15.8 Å². The van der Waals surface area contributed by atoms with Gasteiger partial charge in [0, 0.05) is 19.2 Å². The van der Waals surface area contributed by atoms with E-state index in [4.69, 9.17) is 15.6 Å². The van der Waals surface area contributed by atoms with Crippen LogP contribution in [0.1, 0.15) is 12.8 Å². The molecule has 4 nitrogen and oxygen atoms in total. The molecule has 0 heterocycles. The lowest BCUT2D eigenvalue weighted by Crippen LogP contribution is -2.05. The predicted molar refractivity (Wildman–Crippen MR) is 62.2 cm³/mol. The highest BCUT2D eigenvalue weighted by Gasteiger charge is 2.00. The van der Waals surface area contributed by atoms with E-state index in [1.54, 1.807) is 7.11 Å². The number of nitrogens with two attached hydrogens (primary N) is 1. The fraction of sp³-hybridized carbons (Fsp3) is 0.455. The molecule has 1 rings (SSSR count). The van der Waals surface area contributed by atoms with Crippen molar-refractivity contribution in [2.75, 3.05) is 31.3 Å². The van der Waals surface area contributed by atoms with Crippen molar-refractivity contribution in [3.8, 4) is 5.75 Å². The maximum Gasteiger partial charge on any atom is 0.121 e. The summed E-state index contributed by atoms with van der Waals surface area (Å²) in [6.45, 7) is 1.03. The van der Waals surface area contributed by atoms with Crippen molar-refractivity contribution in [3.63, 3.8) is 0 Å². The Labute approximate surface area is 90.1 Å². The average Bonchev–Trinajstić information content (AvgIpc) is 2.26. The molecule has 0 saturated carbocycles. The van der Waals surface area contributed by atoms with Crippen LogP contribution in [0.4, 0.5) is 11.4 Å². The van der Waals surface area contributed by atoms with E-state index in [0.717, 1.165) is 30.8 Å². The van der Waals surface area contributed by atoms with Crippen molar-refractivity contribution in [1.82, 2.24) is 0 Å². The predicted octanol–water partition coefficient (Wildman–Crippen LogP) is 1.46. The second-order valence-corrected chi connectivity index (χ2v) is 3.31. The van der Waals surface area contributed by atoms with E-state index in [1.165, 1.54) is 0 Å². The fourth-order valence-electron chi connectivity index (χ4n) is 1.28. The molecule has 0 aliphatic rings. The Morgan fingerprint density at radius 1 is 1.40 bits per heavy atom. The number of unbranched alkanes of at least 4 members (excludes halogenated alkanes) is 1. The Morgan fingerprint density at radius 2 is 2.20 bits per heavy atom. The summed E-state index contributed by atoms with van der Waals surface area (Å²) in [6, 6.07) is 5.51. The van der Waals surface area contributed by atoms with E-state index in [-0.39, 0.29) is 6.61 Å². The van der Waals surface area contributed by atoms with E-state index < -0.39 is 0 Å². The van der Waals surface area contributed by atoms with Crippen molar-refractivity contribution in [3.05, 3.63) is 18.2 Å². The number of benzene rings is 1. The van der Waals surface area contributed by atoms with Gasteiger partial charge in [0.1, 0.15) is 5.75 Å². The van der Waals surface area contributed by atoms with Crippen LogP contribution in [0.5, 0.6) is 5.75 Å². The lowest BCUT2D eigenvalue weighted by Gasteiger charge is -2.10. The second kappa shape index (κ2) is 6.14. The SMILES string of the molecule is COc1ccc(N)c(NCCCCO)c1. The summed E-state index contributed by atoms with van der Waals surface area (Å²) in [5, 5.41) is 11.8. The van der Waals surface area contributed by atoms with E-state index in [0.29, 0.717) is 5.69 Å². The molecular weight excluding hydrogens is 192 g/mol. The lowest BCUT2D eigenvalue weighted by molar-refractivity contribution is 0.286. The zero-order valence-electron chi connectivity index (χ0n) is 8.99. The van der Waals surface area contributed by atoms with Crippen LogP contribution in [0.2, 0.25) is 0 Å². The number of ether oxygens (including phenoxy) is 1. The number of hydrogen-bond acceptors (Lipinski definition) is 4. The summed E-state index contributed by atoms with van der Waals surface area (Å²) in [5.41, 5.74) is 7.38. The van der Waals surface area contributed by atoms with Gasteiger partial charge in [-0.25, -0.2) is 0 Å². The van der Waals surface area contributed by atoms with Crippen LogP contribution in [0, 0.1) is 0 Å². The minimum absolute atomic E-state index is 0.231. The third-order valence-electron chi connectivity index (χ3n) is 2.16. The van der Waals surface area contributed by atoms with Crippen LogP contribution in [0.25, 0.3) is 0 Å². The monoisotopic (exact) mass is 210 g/mol.